The SMILES string of the molecule is CCC(CC)O[C@@H](C)C(OC(OC[C@H](NC(C)=O)C(OC(CO)[C@H](C)O)C(CC)(CC)C(CC)(CC)OC1C(C(=O)O)OC(OC2C(O)C(CO)OC(C(C)CC)C2NC(C)=O)C(O)C1O)[C@@H](O)CO)C(=O)NCC(=O)Oc1c(C)c(C)c2c(c1C)CC[C@@](C)(CCC[C@H](C)CCC[C@H](C)CCCC(C)C)O2. The van der Waals surface area contributed by atoms with Crippen molar-refractivity contribution in [2.24, 2.45) is 29.1 Å². The van der Waals surface area contributed by atoms with E-state index in [4.69, 9.17) is 47.4 Å². The first-order valence-corrected chi connectivity index (χ1v) is 39.9. The quantitative estimate of drug-likeness (QED) is 0.0168. The summed E-state index contributed by atoms with van der Waals surface area (Å²) in [5.41, 5.74) is -0.343. The number of amides is 3. The van der Waals surface area contributed by atoms with Crippen molar-refractivity contribution in [1.82, 2.24) is 16.0 Å². The summed E-state index contributed by atoms with van der Waals surface area (Å²) in [5, 5.41) is 110. The van der Waals surface area contributed by atoms with Crippen molar-refractivity contribution in [2.75, 3.05) is 33.0 Å². The summed E-state index contributed by atoms with van der Waals surface area (Å²) >= 11 is 0. The Morgan fingerprint density at radius 3 is 1.82 bits per heavy atom. The zero-order chi connectivity index (χ0) is 80.6. The van der Waals surface area contributed by atoms with Crippen LogP contribution in [0.4, 0.5) is 0 Å². The molecule has 0 bridgehead atoms. The lowest BCUT2D eigenvalue weighted by Gasteiger charge is -2.57. The molecule has 1 aromatic carbocycles. The minimum Gasteiger partial charge on any atom is -0.487 e. The van der Waals surface area contributed by atoms with Crippen LogP contribution in [0.3, 0.4) is 0 Å². The van der Waals surface area contributed by atoms with Crippen LogP contribution in [0, 0.1) is 49.9 Å². The molecule has 3 heterocycles. The molecule has 3 aliphatic rings. The molecule has 15 unspecified atom stereocenters. The molecule has 620 valence electrons. The van der Waals surface area contributed by atoms with Gasteiger partial charge in [-0.05, 0) is 146 Å². The third-order valence-corrected chi connectivity index (χ3v) is 23.3. The topological polar surface area (TPSA) is 396 Å². The molecule has 2 saturated heterocycles. The zero-order valence-corrected chi connectivity index (χ0v) is 68.2. The fourth-order valence-electron chi connectivity index (χ4n) is 16.2. The molecule has 3 aliphatic heterocycles. The van der Waals surface area contributed by atoms with Crippen LogP contribution in [0.25, 0.3) is 0 Å². The van der Waals surface area contributed by atoms with Gasteiger partial charge in [-0.15, -0.1) is 0 Å². The first-order valence-electron chi connectivity index (χ1n) is 39.9. The van der Waals surface area contributed by atoms with Crippen molar-refractivity contribution in [3.63, 3.8) is 0 Å². The molecule has 1 aromatic rings. The van der Waals surface area contributed by atoms with Gasteiger partial charge in [0.1, 0.15) is 72.5 Å². The number of fused-ring (bicyclic) bond motifs is 1. The minimum atomic E-state index is -2.14. The third kappa shape index (κ3) is 25.4. The summed E-state index contributed by atoms with van der Waals surface area (Å²) in [7, 11) is 0. The summed E-state index contributed by atoms with van der Waals surface area (Å²) in [6.07, 6.45) is -13.0. The second-order valence-corrected chi connectivity index (χ2v) is 31.6. The number of ether oxygens (including phenoxy) is 10. The Kier molecular flexibility index (Phi) is 39.9. The molecule has 0 saturated carbocycles. The van der Waals surface area contributed by atoms with E-state index in [9.17, 15) is 69.9 Å². The fraction of sp³-hybridized carbons (Fsp3) is 0.863. The highest BCUT2D eigenvalue weighted by Crippen LogP contribution is 2.53. The first kappa shape index (κ1) is 95.1. The number of carbonyl (C=O) groups is 5. The van der Waals surface area contributed by atoms with Crippen molar-refractivity contribution in [3.05, 3.63) is 22.3 Å². The summed E-state index contributed by atoms with van der Waals surface area (Å²) < 4.78 is 64.4. The molecule has 2 fully saturated rings. The molecule has 4 rings (SSSR count). The zero-order valence-electron chi connectivity index (χ0n) is 68.2. The van der Waals surface area contributed by atoms with Crippen LogP contribution in [-0.4, -0.2) is 236 Å². The van der Waals surface area contributed by atoms with E-state index >= 15 is 0 Å². The van der Waals surface area contributed by atoms with Crippen LogP contribution in [0.5, 0.6) is 11.5 Å². The van der Waals surface area contributed by atoms with Gasteiger partial charge in [0.2, 0.25) is 11.8 Å². The van der Waals surface area contributed by atoms with E-state index in [0.29, 0.717) is 42.9 Å². The molecule has 27 heteroatoms. The summed E-state index contributed by atoms with van der Waals surface area (Å²) in [6.45, 7) is 33.2. The minimum absolute atomic E-state index is 0.0121. The Labute approximate surface area is 637 Å². The number of hydrogen-bond acceptors (Lipinski definition) is 23. The van der Waals surface area contributed by atoms with Crippen LogP contribution in [0.15, 0.2) is 0 Å². The van der Waals surface area contributed by atoms with Crippen LogP contribution >= 0.6 is 0 Å². The Balaban J connectivity index is 1.68. The standard InChI is InChI=1S/C80H141N3O24/c1-21-47(12)66-62(83-54(19)89)70(63(92)60(42-86)100-66)104-77-65(94)64(93)71(72(105-77)75(96)97)107-80(26-6,27-7)79(24-4,25-5)73(101-59(41-85)51(16)87)57(82-53(18)88)43-98-76(58(90)40-84)103-69(52(17)99-55(22-2)23-3)74(95)81-39-61(91)102-67-48(13)49(14)68-56(50(67)15)36-38-78(20,106-68)37-30-35-46(11)34-29-33-45(10)32-28-31-44(8)9/h44-47,51-52,55,57-60,62-66,69-73,76-77,84-87,90,92-94H,21-43H2,1-20H3,(H,81,95)(H,82,88)(H,83,89)(H,96,97)/t45-,46-,47?,51+,52+,57+,58+,59?,60?,62?,63?,64?,65?,66?,69?,70?,71?,72?,73?,76?,77?,78-/m1/s1. The molecule has 27 nitrogen and oxygen atoms in total. The summed E-state index contributed by atoms with van der Waals surface area (Å²) in [6, 6.07) is -2.54. The number of esters is 1. The van der Waals surface area contributed by atoms with Gasteiger partial charge in [0.15, 0.2) is 24.8 Å². The van der Waals surface area contributed by atoms with E-state index in [1.54, 1.807) is 34.6 Å². The number of aliphatic carboxylic acids is 1. The van der Waals surface area contributed by atoms with Gasteiger partial charge in [-0.1, -0.05) is 134 Å². The van der Waals surface area contributed by atoms with Crippen LogP contribution in [0.1, 0.15) is 249 Å². The number of nitrogens with one attached hydrogen (secondary N) is 3. The Morgan fingerprint density at radius 1 is 0.701 bits per heavy atom. The maximum Gasteiger partial charge on any atom is 0.335 e. The van der Waals surface area contributed by atoms with Crippen LogP contribution < -0.4 is 25.4 Å². The predicted molar refractivity (Wildman–Crippen MR) is 402 cm³/mol. The maximum absolute atomic E-state index is 14.7. The summed E-state index contributed by atoms with van der Waals surface area (Å²) in [4.78, 5) is 68.7. The Hall–Kier alpha value is -4.27. The lowest BCUT2D eigenvalue weighted by molar-refractivity contribution is -0.349. The van der Waals surface area contributed by atoms with Gasteiger partial charge in [0, 0.05) is 24.8 Å². The van der Waals surface area contributed by atoms with Gasteiger partial charge in [-0.3, -0.25) is 14.4 Å². The van der Waals surface area contributed by atoms with Gasteiger partial charge in [-0.25, -0.2) is 9.59 Å². The lowest BCUT2D eigenvalue weighted by Crippen LogP contribution is -2.70. The Bertz CT molecular complexity index is 2860. The normalized spacial score (nSPS) is 26.0. The van der Waals surface area contributed by atoms with E-state index in [2.05, 4.69) is 50.6 Å². The molecule has 22 atom stereocenters. The highest BCUT2D eigenvalue weighted by atomic mass is 16.7. The fourth-order valence-corrected chi connectivity index (χ4v) is 16.2. The van der Waals surface area contributed by atoms with Crippen molar-refractivity contribution >= 4 is 29.7 Å². The number of carbonyl (C=O) groups excluding carboxylic acids is 4. The highest BCUT2D eigenvalue weighted by Gasteiger charge is 2.61. The third-order valence-electron chi connectivity index (χ3n) is 23.3. The molecular weight excluding hydrogens is 1390 g/mol. The number of benzene rings is 1. The van der Waals surface area contributed by atoms with Gasteiger partial charge < -0.3 is 109 Å². The van der Waals surface area contributed by atoms with Gasteiger partial charge in [0.25, 0.3) is 5.91 Å². The van der Waals surface area contributed by atoms with Gasteiger partial charge in [0.05, 0.1) is 74.6 Å². The van der Waals surface area contributed by atoms with Crippen LogP contribution in [-0.2, 0) is 68.3 Å². The largest absolute Gasteiger partial charge is 0.487 e. The number of aliphatic hydroxyl groups is 8. The molecule has 0 aromatic heterocycles. The van der Waals surface area contributed by atoms with Crippen molar-refractivity contribution in [1.29, 1.82) is 0 Å². The molecular formula is C80H141N3O24. The van der Waals surface area contributed by atoms with Gasteiger partial charge in [-0.2, -0.15) is 0 Å². The number of carboxylic acid groups (broad SMARTS) is 1. The monoisotopic (exact) mass is 1530 g/mol. The van der Waals surface area contributed by atoms with Gasteiger partial charge >= 0.3 is 11.9 Å². The number of aliphatic hydroxyl groups excluding tert-OH is 8. The maximum atomic E-state index is 14.7. The van der Waals surface area contributed by atoms with E-state index in [1.807, 2.05) is 48.5 Å². The Morgan fingerprint density at radius 2 is 1.31 bits per heavy atom. The van der Waals surface area contributed by atoms with E-state index in [1.165, 1.54) is 59.3 Å². The predicted octanol–water partition coefficient (Wildman–Crippen LogP) is 7.80. The molecule has 107 heavy (non-hydrogen) atoms. The molecule has 0 aliphatic carbocycles. The van der Waals surface area contributed by atoms with Crippen LogP contribution in [0.2, 0.25) is 0 Å². The molecule has 3 amide bonds. The smallest absolute Gasteiger partial charge is 0.335 e. The number of rotatable bonds is 49. The van der Waals surface area contributed by atoms with Crippen molar-refractivity contribution in [3.8, 4) is 11.5 Å². The average molecular weight is 1530 g/mol. The second kappa shape index (κ2) is 44.8. The molecule has 12 N–H and O–H groups in total. The molecule has 0 spiro atoms. The average Bonchev–Trinajstić information content (AvgIpc) is 0.740. The second-order valence-electron chi connectivity index (χ2n) is 31.6. The lowest BCUT2D eigenvalue weighted by atomic mass is 9.60. The van der Waals surface area contributed by atoms with Crippen molar-refractivity contribution in [2.45, 2.75) is 381 Å². The van der Waals surface area contributed by atoms with Crippen molar-refractivity contribution < 1.29 is 117 Å². The van der Waals surface area contributed by atoms with E-state index in [-0.39, 0.29) is 37.2 Å². The number of carboxylic acids is 1. The summed E-state index contributed by atoms with van der Waals surface area (Å²) in [5.74, 6) is -1.59. The first-order chi connectivity index (χ1) is 50.4. The van der Waals surface area contributed by atoms with E-state index < -0.39 is 190 Å². The van der Waals surface area contributed by atoms with E-state index in [0.717, 1.165) is 60.0 Å². The highest BCUT2D eigenvalue weighted by molar-refractivity contribution is 5.86. The molecule has 0 radical (unpaired) electrons. The number of hydrogen-bond donors (Lipinski definition) is 12.